The van der Waals surface area contributed by atoms with E-state index in [9.17, 15) is 5.11 Å². The molecule has 2 N–H and O–H groups in total. The minimum Gasteiger partial charge on any atom is -0.392 e. The Bertz CT molecular complexity index is 358. The minimum atomic E-state index is -0.235. The second kappa shape index (κ2) is 6.64. The molecule has 1 saturated carbocycles. The van der Waals surface area contributed by atoms with E-state index in [1.807, 2.05) is 0 Å². The van der Waals surface area contributed by atoms with Crippen molar-refractivity contribution < 1.29 is 5.11 Å². The lowest BCUT2D eigenvalue weighted by Gasteiger charge is -2.20. The first-order valence-corrected chi connectivity index (χ1v) is 7.95. The highest BCUT2D eigenvalue weighted by atomic mass is 32.1. The Morgan fingerprint density at radius 1 is 1.44 bits per heavy atom. The van der Waals surface area contributed by atoms with Crippen molar-refractivity contribution in [1.29, 1.82) is 0 Å². The van der Waals surface area contributed by atoms with Gasteiger partial charge >= 0.3 is 0 Å². The molecule has 18 heavy (non-hydrogen) atoms. The molecule has 1 aromatic heterocycles. The fourth-order valence-corrected chi connectivity index (χ4v) is 3.26. The van der Waals surface area contributed by atoms with Crippen LogP contribution in [0.1, 0.15) is 56.2 Å². The van der Waals surface area contributed by atoms with Gasteiger partial charge in [0.05, 0.1) is 16.8 Å². The number of hydrogen-bond donors (Lipinski definition) is 2. The van der Waals surface area contributed by atoms with Crippen molar-refractivity contribution in [2.45, 2.75) is 58.1 Å². The number of rotatable bonds is 8. The van der Waals surface area contributed by atoms with Gasteiger partial charge in [0.2, 0.25) is 0 Å². The van der Waals surface area contributed by atoms with E-state index in [-0.39, 0.29) is 6.10 Å². The average Bonchev–Trinajstić information content (AvgIpc) is 3.11. The second-order valence-electron chi connectivity index (χ2n) is 5.23. The van der Waals surface area contributed by atoms with Gasteiger partial charge in [0, 0.05) is 24.4 Å². The van der Waals surface area contributed by atoms with Gasteiger partial charge < -0.3 is 10.4 Å². The van der Waals surface area contributed by atoms with Gasteiger partial charge in [-0.3, -0.25) is 0 Å². The van der Waals surface area contributed by atoms with Crippen molar-refractivity contribution in [3.63, 3.8) is 0 Å². The first-order valence-electron chi connectivity index (χ1n) is 7.07. The van der Waals surface area contributed by atoms with Crippen LogP contribution in [0.5, 0.6) is 0 Å². The van der Waals surface area contributed by atoms with Crippen molar-refractivity contribution in [1.82, 2.24) is 10.3 Å². The highest BCUT2D eigenvalue weighted by Crippen LogP contribution is 2.41. The molecular weight excluding hydrogens is 244 g/mol. The number of aromatic nitrogens is 1. The molecule has 0 bridgehead atoms. The zero-order valence-electron chi connectivity index (χ0n) is 11.4. The molecule has 1 aromatic rings. The molecule has 0 amide bonds. The highest BCUT2D eigenvalue weighted by molar-refractivity contribution is 7.09. The van der Waals surface area contributed by atoms with Crippen molar-refractivity contribution >= 4 is 11.3 Å². The van der Waals surface area contributed by atoms with Crippen LogP contribution in [0.15, 0.2) is 5.38 Å². The fourth-order valence-electron chi connectivity index (χ4n) is 2.27. The first kappa shape index (κ1) is 14.0. The summed E-state index contributed by atoms with van der Waals surface area (Å²) in [6.45, 7) is 5.72. The molecule has 1 atom stereocenters. The molecule has 1 aliphatic rings. The highest BCUT2D eigenvalue weighted by Gasteiger charge is 2.26. The van der Waals surface area contributed by atoms with Crippen LogP contribution in [-0.2, 0) is 6.54 Å². The van der Waals surface area contributed by atoms with E-state index in [0.29, 0.717) is 12.5 Å². The molecular formula is C14H24N2OS. The third-order valence-corrected chi connectivity index (χ3v) is 4.80. The molecule has 1 aliphatic carbocycles. The lowest BCUT2D eigenvalue weighted by molar-refractivity contribution is 0.101. The monoisotopic (exact) mass is 268 g/mol. The predicted octanol–water partition coefficient (Wildman–Crippen LogP) is 2.91. The summed E-state index contributed by atoms with van der Waals surface area (Å²) in [4.78, 5) is 4.63. The van der Waals surface area contributed by atoms with Gasteiger partial charge in [-0.1, -0.05) is 26.7 Å². The molecule has 4 heteroatoms. The first-order chi connectivity index (χ1) is 8.74. The zero-order valence-corrected chi connectivity index (χ0v) is 12.2. The topological polar surface area (TPSA) is 45.1 Å². The Morgan fingerprint density at radius 3 is 2.78 bits per heavy atom. The number of nitrogens with one attached hydrogen (secondary N) is 1. The smallest absolute Gasteiger partial charge is 0.0959 e. The van der Waals surface area contributed by atoms with Gasteiger partial charge in [-0.25, -0.2) is 4.98 Å². The molecule has 1 heterocycles. The summed E-state index contributed by atoms with van der Waals surface area (Å²) >= 11 is 1.78. The summed E-state index contributed by atoms with van der Waals surface area (Å²) < 4.78 is 0. The summed E-state index contributed by atoms with van der Waals surface area (Å²) in [7, 11) is 0. The second-order valence-corrected chi connectivity index (χ2v) is 6.12. The van der Waals surface area contributed by atoms with E-state index in [1.54, 1.807) is 11.3 Å². The number of aliphatic hydroxyl groups excluding tert-OH is 1. The molecule has 0 radical (unpaired) electrons. The third kappa shape index (κ3) is 3.77. The van der Waals surface area contributed by atoms with Crippen molar-refractivity contribution in [3.05, 3.63) is 16.1 Å². The van der Waals surface area contributed by atoms with Crippen LogP contribution >= 0.6 is 11.3 Å². The molecule has 3 nitrogen and oxygen atoms in total. The van der Waals surface area contributed by atoms with Crippen molar-refractivity contribution in [2.24, 2.45) is 5.92 Å². The minimum absolute atomic E-state index is 0.235. The quantitative estimate of drug-likeness (QED) is 0.762. The van der Waals surface area contributed by atoms with Crippen LogP contribution < -0.4 is 5.32 Å². The molecule has 102 valence electrons. The van der Waals surface area contributed by atoms with Gasteiger partial charge in [-0.05, 0) is 18.8 Å². The SMILES string of the molecule is CCC(CC)C(O)CNCc1csc(C2CC2)n1. The zero-order chi connectivity index (χ0) is 13.0. The molecule has 0 aliphatic heterocycles. The average molecular weight is 268 g/mol. The molecule has 2 rings (SSSR count). The van der Waals surface area contributed by atoms with Crippen LogP contribution in [0.3, 0.4) is 0 Å². The predicted molar refractivity (Wildman–Crippen MR) is 75.9 cm³/mol. The van der Waals surface area contributed by atoms with Crippen molar-refractivity contribution in [2.75, 3.05) is 6.54 Å². The summed E-state index contributed by atoms with van der Waals surface area (Å²) in [5.74, 6) is 1.16. The summed E-state index contributed by atoms with van der Waals surface area (Å²) in [6.07, 6.45) is 4.48. The van der Waals surface area contributed by atoms with Gasteiger partial charge in [-0.15, -0.1) is 11.3 Å². The summed E-state index contributed by atoms with van der Waals surface area (Å²) in [6, 6.07) is 0. The molecule has 0 spiro atoms. The van der Waals surface area contributed by atoms with E-state index in [4.69, 9.17) is 0 Å². The molecule has 0 saturated heterocycles. The van der Waals surface area contributed by atoms with E-state index in [0.717, 1.165) is 31.0 Å². The van der Waals surface area contributed by atoms with E-state index in [2.05, 4.69) is 29.5 Å². The van der Waals surface area contributed by atoms with Crippen LogP contribution in [-0.4, -0.2) is 22.7 Å². The number of hydrogen-bond acceptors (Lipinski definition) is 4. The van der Waals surface area contributed by atoms with E-state index < -0.39 is 0 Å². The van der Waals surface area contributed by atoms with Crippen LogP contribution in [0.4, 0.5) is 0 Å². The van der Waals surface area contributed by atoms with Crippen LogP contribution in [0, 0.1) is 5.92 Å². The van der Waals surface area contributed by atoms with Gasteiger partial charge in [-0.2, -0.15) is 0 Å². The summed E-state index contributed by atoms with van der Waals surface area (Å²) in [5.41, 5.74) is 1.12. The Labute approximate surface area is 114 Å². The number of nitrogens with zero attached hydrogens (tertiary/aromatic N) is 1. The lowest BCUT2D eigenvalue weighted by Crippen LogP contribution is -2.32. The maximum Gasteiger partial charge on any atom is 0.0959 e. The Balaban J connectivity index is 1.70. The Morgan fingerprint density at radius 2 is 2.17 bits per heavy atom. The van der Waals surface area contributed by atoms with Crippen LogP contribution in [0.25, 0.3) is 0 Å². The maximum absolute atomic E-state index is 10.0. The van der Waals surface area contributed by atoms with E-state index >= 15 is 0 Å². The van der Waals surface area contributed by atoms with Gasteiger partial charge in [0.15, 0.2) is 0 Å². The largest absolute Gasteiger partial charge is 0.392 e. The standard InChI is InChI=1S/C14H24N2OS/c1-3-10(4-2)13(17)8-15-7-12-9-18-14(16-12)11-5-6-11/h9-11,13,15,17H,3-8H2,1-2H3. The summed E-state index contributed by atoms with van der Waals surface area (Å²) in [5, 5.41) is 16.8. The van der Waals surface area contributed by atoms with Crippen molar-refractivity contribution in [3.8, 4) is 0 Å². The van der Waals surface area contributed by atoms with Crippen LogP contribution in [0.2, 0.25) is 0 Å². The van der Waals surface area contributed by atoms with E-state index in [1.165, 1.54) is 17.8 Å². The number of thiazole rings is 1. The van der Waals surface area contributed by atoms with Gasteiger partial charge in [0.1, 0.15) is 0 Å². The Hall–Kier alpha value is -0.450. The number of aliphatic hydroxyl groups is 1. The molecule has 0 aromatic carbocycles. The Kier molecular flexibility index (Phi) is 5.15. The molecule has 1 fully saturated rings. The normalized spacial score (nSPS) is 17.3. The lowest BCUT2D eigenvalue weighted by atomic mass is 9.96. The van der Waals surface area contributed by atoms with Gasteiger partial charge in [0.25, 0.3) is 0 Å². The molecule has 1 unspecified atom stereocenters. The third-order valence-electron chi connectivity index (χ3n) is 3.75. The maximum atomic E-state index is 10.0. The fraction of sp³-hybridized carbons (Fsp3) is 0.786.